The summed E-state index contributed by atoms with van der Waals surface area (Å²) in [6.07, 6.45) is 1.99. The van der Waals surface area contributed by atoms with Crippen LogP contribution in [0.15, 0.2) is 0 Å². The zero-order valence-electron chi connectivity index (χ0n) is 11.4. The number of esters is 1. The molecule has 18 heavy (non-hydrogen) atoms. The van der Waals surface area contributed by atoms with Crippen LogP contribution in [0.1, 0.15) is 19.8 Å². The van der Waals surface area contributed by atoms with Crippen molar-refractivity contribution >= 4 is 5.97 Å². The molecule has 0 amide bonds. The Morgan fingerprint density at radius 2 is 2.11 bits per heavy atom. The highest BCUT2D eigenvalue weighted by Crippen LogP contribution is 2.19. The summed E-state index contributed by atoms with van der Waals surface area (Å²) in [5.41, 5.74) is 0. The molecule has 2 atom stereocenters. The van der Waals surface area contributed by atoms with E-state index in [0.717, 1.165) is 32.5 Å². The summed E-state index contributed by atoms with van der Waals surface area (Å²) in [5, 5.41) is 3.29. The monoisotopic (exact) mass is 256 g/mol. The summed E-state index contributed by atoms with van der Waals surface area (Å²) < 4.78 is 11.0. The number of likely N-dealkylation sites (N-methyl/N-ethyl adjacent to an activating group) is 1. The maximum Gasteiger partial charge on any atom is 0.313 e. The van der Waals surface area contributed by atoms with Gasteiger partial charge in [0.05, 0.1) is 19.1 Å². The van der Waals surface area contributed by atoms with Gasteiger partial charge in [0, 0.05) is 19.1 Å². The Bertz CT molecular complexity index is 277. The lowest BCUT2D eigenvalue weighted by Crippen LogP contribution is -2.42. The van der Waals surface area contributed by atoms with Crippen molar-refractivity contribution in [3.05, 3.63) is 0 Å². The second-order valence-corrected chi connectivity index (χ2v) is 5.25. The first-order valence-electron chi connectivity index (χ1n) is 6.91. The number of piperidine rings is 1. The number of ether oxygens (including phenoxy) is 2. The maximum absolute atomic E-state index is 12.1. The molecule has 0 saturated carbocycles. The van der Waals surface area contributed by atoms with Gasteiger partial charge in [-0.05, 0) is 26.4 Å². The van der Waals surface area contributed by atoms with E-state index in [1.54, 1.807) is 0 Å². The normalized spacial score (nSPS) is 30.6. The lowest BCUT2D eigenvalue weighted by molar-refractivity contribution is -0.156. The Morgan fingerprint density at radius 1 is 1.39 bits per heavy atom. The van der Waals surface area contributed by atoms with Gasteiger partial charge in [-0.2, -0.15) is 0 Å². The highest BCUT2D eigenvalue weighted by Gasteiger charge is 2.36. The smallest absolute Gasteiger partial charge is 0.313 e. The Labute approximate surface area is 109 Å². The van der Waals surface area contributed by atoms with E-state index in [-0.39, 0.29) is 24.0 Å². The first kappa shape index (κ1) is 13.8. The lowest BCUT2D eigenvalue weighted by Gasteiger charge is -2.29. The molecule has 104 valence electrons. The lowest BCUT2D eigenvalue weighted by atomic mass is 10.0. The minimum atomic E-state index is -0.135. The summed E-state index contributed by atoms with van der Waals surface area (Å²) in [6.45, 7) is 6.01. The van der Waals surface area contributed by atoms with Gasteiger partial charge >= 0.3 is 5.97 Å². The fourth-order valence-electron chi connectivity index (χ4n) is 2.60. The van der Waals surface area contributed by atoms with E-state index in [4.69, 9.17) is 9.47 Å². The Balaban J connectivity index is 1.80. The molecule has 2 unspecified atom stereocenters. The maximum atomic E-state index is 12.1. The van der Waals surface area contributed by atoms with Crippen LogP contribution in [0.5, 0.6) is 0 Å². The molecule has 0 bridgehead atoms. The van der Waals surface area contributed by atoms with Crippen LogP contribution in [-0.4, -0.2) is 62.9 Å². The molecule has 0 aromatic carbocycles. The van der Waals surface area contributed by atoms with E-state index in [1.165, 1.54) is 0 Å². The number of likely N-dealkylation sites (tertiary alicyclic amines) is 1. The summed E-state index contributed by atoms with van der Waals surface area (Å²) >= 11 is 0. The third kappa shape index (κ3) is 3.43. The molecule has 2 heterocycles. The second kappa shape index (κ2) is 6.50. The van der Waals surface area contributed by atoms with Crippen molar-refractivity contribution < 1.29 is 14.3 Å². The average Bonchev–Trinajstić information content (AvgIpc) is 2.81. The van der Waals surface area contributed by atoms with E-state index >= 15 is 0 Å². The number of carbonyl (C=O) groups excluding carboxylic acids is 1. The largest absolute Gasteiger partial charge is 0.462 e. The first-order chi connectivity index (χ1) is 8.70. The van der Waals surface area contributed by atoms with Crippen molar-refractivity contribution in [1.29, 1.82) is 0 Å². The molecular formula is C13H24N2O3. The topological polar surface area (TPSA) is 50.8 Å². The molecule has 0 spiro atoms. The predicted octanol–water partition coefficient (Wildman–Crippen LogP) is 0.248. The van der Waals surface area contributed by atoms with Gasteiger partial charge in [-0.1, -0.05) is 6.92 Å². The van der Waals surface area contributed by atoms with Crippen molar-refractivity contribution in [2.75, 3.05) is 39.9 Å². The standard InChI is InChI=1S/C13H24N2O3/c1-3-14-12-9-17-8-11(12)13(16)18-10-4-6-15(2)7-5-10/h10-12,14H,3-9H2,1-2H3. The fraction of sp³-hybridized carbons (Fsp3) is 0.923. The van der Waals surface area contributed by atoms with Crippen molar-refractivity contribution in [2.24, 2.45) is 5.92 Å². The quantitative estimate of drug-likeness (QED) is 0.731. The zero-order valence-corrected chi connectivity index (χ0v) is 11.4. The number of rotatable bonds is 4. The number of nitrogens with one attached hydrogen (secondary N) is 1. The molecule has 2 aliphatic heterocycles. The van der Waals surface area contributed by atoms with Gasteiger partial charge in [-0.25, -0.2) is 0 Å². The van der Waals surface area contributed by atoms with E-state index in [1.807, 2.05) is 6.92 Å². The van der Waals surface area contributed by atoms with Crippen molar-refractivity contribution in [3.8, 4) is 0 Å². The fourth-order valence-corrected chi connectivity index (χ4v) is 2.60. The molecule has 0 aromatic heterocycles. The highest BCUT2D eigenvalue weighted by atomic mass is 16.5. The Hall–Kier alpha value is -0.650. The molecule has 2 fully saturated rings. The molecule has 0 radical (unpaired) electrons. The molecule has 0 aliphatic carbocycles. The van der Waals surface area contributed by atoms with Gasteiger partial charge in [0.1, 0.15) is 6.10 Å². The highest BCUT2D eigenvalue weighted by molar-refractivity contribution is 5.74. The number of carbonyl (C=O) groups is 1. The van der Waals surface area contributed by atoms with Gasteiger partial charge in [0.2, 0.25) is 0 Å². The molecular weight excluding hydrogens is 232 g/mol. The van der Waals surface area contributed by atoms with Gasteiger partial charge in [0.25, 0.3) is 0 Å². The van der Waals surface area contributed by atoms with Crippen molar-refractivity contribution in [3.63, 3.8) is 0 Å². The van der Waals surface area contributed by atoms with Crippen molar-refractivity contribution in [1.82, 2.24) is 10.2 Å². The SMILES string of the molecule is CCNC1COCC1C(=O)OC1CCN(C)CC1. The van der Waals surface area contributed by atoms with Crippen molar-refractivity contribution in [2.45, 2.75) is 31.9 Å². The molecule has 5 heteroatoms. The van der Waals surface area contributed by atoms with Gasteiger partial charge in [0.15, 0.2) is 0 Å². The minimum absolute atomic E-state index is 0.0898. The van der Waals surface area contributed by atoms with Crippen LogP contribution >= 0.6 is 0 Å². The van der Waals surface area contributed by atoms with Crippen LogP contribution in [-0.2, 0) is 14.3 Å². The Kier molecular flexibility index (Phi) is 4.97. The van der Waals surface area contributed by atoms with E-state index in [2.05, 4.69) is 17.3 Å². The van der Waals surface area contributed by atoms with E-state index < -0.39 is 0 Å². The molecule has 0 aromatic rings. The summed E-state index contributed by atoms with van der Waals surface area (Å²) in [6, 6.07) is 0.119. The minimum Gasteiger partial charge on any atom is -0.462 e. The van der Waals surface area contributed by atoms with E-state index in [0.29, 0.717) is 13.2 Å². The summed E-state index contributed by atoms with van der Waals surface area (Å²) in [5.74, 6) is -0.224. The molecule has 2 saturated heterocycles. The molecule has 2 aliphatic rings. The number of hydrogen-bond donors (Lipinski definition) is 1. The summed E-state index contributed by atoms with van der Waals surface area (Å²) in [4.78, 5) is 14.4. The number of nitrogens with zero attached hydrogens (tertiary/aromatic N) is 1. The van der Waals surface area contributed by atoms with Crippen LogP contribution in [0.2, 0.25) is 0 Å². The second-order valence-electron chi connectivity index (χ2n) is 5.25. The zero-order chi connectivity index (χ0) is 13.0. The predicted molar refractivity (Wildman–Crippen MR) is 68.4 cm³/mol. The third-order valence-electron chi connectivity index (χ3n) is 3.80. The number of hydrogen-bond acceptors (Lipinski definition) is 5. The molecule has 5 nitrogen and oxygen atoms in total. The van der Waals surface area contributed by atoms with Crippen LogP contribution in [0, 0.1) is 5.92 Å². The van der Waals surface area contributed by atoms with Crippen LogP contribution < -0.4 is 5.32 Å². The van der Waals surface area contributed by atoms with E-state index in [9.17, 15) is 4.79 Å². The summed E-state index contributed by atoms with van der Waals surface area (Å²) in [7, 11) is 2.10. The average molecular weight is 256 g/mol. The van der Waals surface area contributed by atoms with Gasteiger partial charge in [-0.3, -0.25) is 4.79 Å². The first-order valence-corrected chi connectivity index (χ1v) is 6.91. The van der Waals surface area contributed by atoms with Crippen LogP contribution in [0.3, 0.4) is 0 Å². The van der Waals surface area contributed by atoms with Gasteiger partial charge in [-0.15, -0.1) is 0 Å². The third-order valence-corrected chi connectivity index (χ3v) is 3.80. The van der Waals surface area contributed by atoms with Crippen LogP contribution in [0.25, 0.3) is 0 Å². The molecule has 2 rings (SSSR count). The van der Waals surface area contributed by atoms with Gasteiger partial charge < -0.3 is 19.7 Å². The molecule has 1 N–H and O–H groups in total. The van der Waals surface area contributed by atoms with Crippen LogP contribution in [0.4, 0.5) is 0 Å². The Morgan fingerprint density at radius 3 is 2.78 bits per heavy atom.